The summed E-state index contributed by atoms with van der Waals surface area (Å²) in [6.45, 7) is 15.0. The molecular weight excluding hydrogens is 333 g/mol. The maximum absolute atomic E-state index is 6.16. The van der Waals surface area contributed by atoms with E-state index in [0.717, 1.165) is 18.6 Å². The van der Waals surface area contributed by atoms with Crippen LogP contribution in [0.15, 0.2) is 48.5 Å². The summed E-state index contributed by atoms with van der Waals surface area (Å²) in [5.74, 6) is 0. The Morgan fingerprint density at radius 3 is 2.07 bits per heavy atom. The number of hydrogen-bond acceptors (Lipinski definition) is 3. The molecule has 0 amide bonds. The van der Waals surface area contributed by atoms with Crippen LogP contribution in [0.3, 0.4) is 0 Å². The molecular formula is C23H30BNO2. The third kappa shape index (κ3) is 3.19. The number of anilines is 1. The Morgan fingerprint density at radius 1 is 0.852 bits per heavy atom. The lowest BCUT2D eigenvalue weighted by molar-refractivity contribution is 0.00578. The Labute approximate surface area is 163 Å². The summed E-state index contributed by atoms with van der Waals surface area (Å²) in [7, 11) is -0.296. The Bertz CT molecular complexity index is 826. The maximum atomic E-state index is 6.16. The summed E-state index contributed by atoms with van der Waals surface area (Å²) in [5, 5.41) is 0. The number of hydrogen-bond donors (Lipinski definition) is 0. The monoisotopic (exact) mass is 363 g/mol. The largest absolute Gasteiger partial charge is 0.494 e. The molecule has 2 aliphatic rings. The van der Waals surface area contributed by atoms with Gasteiger partial charge in [0.1, 0.15) is 0 Å². The van der Waals surface area contributed by atoms with Crippen molar-refractivity contribution in [3.63, 3.8) is 0 Å². The first-order chi connectivity index (χ1) is 12.6. The van der Waals surface area contributed by atoms with E-state index < -0.39 is 0 Å². The molecule has 3 nitrogen and oxygen atoms in total. The van der Waals surface area contributed by atoms with E-state index in [9.17, 15) is 0 Å². The highest BCUT2D eigenvalue weighted by atomic mass is 16.7. The standard InChI is InChI=1S/C23H30BNO2/c1-21(2)16-25(20-10-8-7-9-19(20)21)15-17-11-13-18(14-12-17)24-26-22(3,4)23(5,6)27-24/h7-14H,15-16H2,1-6H3. The minimum Gasteiger partial charge on any atom is -0.399 e. The van der Waals surface area contributed by atoms with Crippen LogP contribution < -0.4 is 10.4 Å². The van der Waals surface area contributed by atoms with Crippen molar-refractivity contribution >= 4 is 18.3 Å². The molecule has 0 atom stereocenters. The fourth-order valence-corrected chi connectivity index (χ4v) is 4.09. The fourth-order valence-electron chi connectivity index (χ4n) is 4.09. The molecule has 2 aliphatic heterocycles. The lowest BCUT2D eigenvalue weighted by atomic mass is 9.79. The third-order valence-corrected chi connectivity index (χ3v) is 6.44. The van der Waals surface area contributed by atoms with Crippen LogP contribution in [-0.4, -0.2) is 24.9 Å². The Balaban J connectivity index is 1.50. The molecule has 2 heterocycles. The zero-order valence-electron chi connectivity index (χ0n) is 17.4. The predicted octanol–water partition coefficient (Wildman–Crippen LogP) is 4.28. The van der Waals surface area contributed by atoms with Crippen LogP contribution in [0.1, 0.15) is 52.7 Å². The minimum atomic E-state index is -0.304. The van der Waals surface area contributed by atoms with Crippen LogP contribution in [0, 0.1) is 0 Å². The molecule has 2 aromatic carbocycles. The van der Waals surface area contributed by atoms with E-state index in [1.165, 1.54) is 16.8 Å². The molecule has 142 valence electrons. The van der Waals surface area contributed by atoms with Crippen LogP contribution in [0.2, 0.25) is 0 Å². The van der Waals surface area contributed by atoms with Crippen molar-refractivity contribution in [2.45, 2.75) is 64.7 Å². The molecule has 0 N–H and O–H groups in total. The van der Waals surface area contributed by atoms with Crippen molar-refractivity contribution in [1.82, 2.24) is 0 Å². The average molecular weight is 363 g/mol. The van der Waals surface area contributed by atoms with Gasteiger partial charge in [0.25, 0.3) is 0 Å². The third-order valence-electron chi connectivity index (χ3n) is 6.44. The molecule has 1 fully saturated rings. The first-order valence-electron chi connectivity index (χ1n) is 9.88. The van der Waals surface area contributed by atoms with Crippen molar-refractivity contribution < 1.29 is 9.31 Å². The molecule has 0 aliphatic carbocycles. The Hall–Kier alpha value is -1.78. The van der Waals surface area contributed by atoms with Gasteiger partial charge in [0.15, 0.2) is 0 Å². The normalized spacial score (nSPS) is 22.1. The molecule has 1 saturated heterocycles. The molecule has 0 saturated carbocycles. The van der Waals surface area contributed by atoms with E-state index in [1.807, 2.05) is 0 Å². The van der Waals surface area contributed by atoms with Crippen LogP contribution in [-0.2, 0) is 21.3 Å². The van der Waals surface area contributed by atoms with Gasteiger partial charge < -0.3 is 14.2 Å². The fraction of sp³-hybridized carbons (Fsp3) is 0.478. The number of benzene rings is 2. The maximum Gasteiger partial charge on any atom is 0.494 e. The van der Waals surface area contributed by atoms with Gasteiger partial charge in [-0.05, 0) is 50.4 Å². The van der Waals surface area contributed by atoms with Crippen molar-refractivity contribution in [2.24, 2.45) is 0 Å². The number of fused-ring (bicyclic) bond motifs is 1. The molecule has 4 heteroatoms. The first-order valence-corrected chi connectivity index (χ1v) is 9.88. The molecule has 0 aromatic heterocycles. The highest BCUT2D eigenvalue weighted by molar-refractivity contribution is 6.62. The van der Waals surface area contributed by atoms with E-state index in [-0.39, 0.29) is 23.7 Å². The van der Waals surface area contributed by atoms with Gasteiger partial charge in [-0.3, -0.25) is 0 Å². The summed E-state index contributed by atoms with van der Waals surface area (Å²) in [6.07, 6.45) is 0. The zero-order valence-corrected chi connectivity index (χ0v) is 17.4. The molecule has 27 heavy (non-hydrogen) atoms. The van der Waals surface area contributed by atoms with Crippen LogP contribution in [0.5, 0.6) is 0 Å². The highest BCUT2D eigenvalue weighted by Gasteiger charge is 2.51. The summed E-state index contributed by atoms with van der Waals surface area (Å²) in [6, 6.07) is 17.5. The molecule has 0 bridgehead atoms. The smallest absolute Gasteiger partial charge is 0.399 e. The second-order valence-corrected chi connectivity index (χ2v) is 9.59. The van der Waals surface area contributed by atoms with Gasteiger partial charge in [-0.25, -0.2) is 0 Å². The quantitative estimate of drug-likeness (QED) is 0.760. The van der Waals surface area contributed by atoms with Crippen LogP contribution in [0.25, 0.3) is 0 Å². The summed E-state index contributed by atoms with van der Waals surface area (Å²) >= 11 is 0. The van der Waals surface area contributed by atoms with Gasteiger partial charge in [0, 0.05) is 24.2 Å². The molecule has 0 spiro atoms. The average Bonchev–Trinajstić information content (AvgIpc) is 2.98. The van der Waals surface area contributed by atoms with Crippen LogP contribution >= 0.6 is 0 Å². The van der Waals surface area contributed by atoms with E-state index in [2.05, 4.69) is 95.0 Å². The van der Waals surface area contributed by atoms with Crippen molar-refractivity contribution in [3.05, 3.63) is 59.7 Å². The highest BCUT2D eigenvalue weighted by Crippen LogP contribution is 2.41. The number of nitrogens with zero attached hydrogens (tertiary/aromatic N) is 1. The van der Waals surface area contributed by atoms with Crippen LogP contribution in [0.4, 0.5) is 5.69 Å². The van der Waals surface area contributed by atoms with E-state index in [4.69, 9.17) is 9.31 Å². The molecule has 2 aromatic rings. The van der Waals surface area contributed by atoms with E-state index >= 15 is 0 Å². The summed E-state index contributed by atoms with van der Waals surface area (Å²) in [4.78, 5) is 2.49. The molecule has 0 radical (unpaired) electrons. The topological polar surface area (TPSA) is 21.7 Å². The van der Waals surface area contributed by atoms with Crippen molar-refractivity contribution in [3.8, 4) is 0 Å². The van der Waals surface area contributed by atoms with Crippen molar-refractivity contribution in [1.29, 1.82) is 0 Å². The van der Waals surface area contributed by atoms with Gasteiger partial charge in [0.2, 0.25) is 0 Å². The van der Waals surface area contributed by atoms with Gasteiger partial charge >= 0.3 is 7.12 Å². The number of para-hydroxylation sites is 1. The number of rotatable bonds is 3. The molecule has 4 rings (SSSR count). The second kappa shape index (κ2) is 6.12. The van der Waals surface area contributed by atoms with Gasteiger partial charge in [-0.1, -0.05) is 56.3 Å². The SMILES string of the molecule is CC1(C)CN(Cc2ccc(B3OC(C)(C)C(C)(C)O3)cc2)c2ccccc21. The summed E-state index contributed by atoms with van der Waals surface area (Å²) < 4.78 is 12.3. The van der Waals surface area contributed by atoms with E-state index in [0.29, 0.717) is 0 Å². The first kappa shape index (κ1) is 18.6. The lowest BCUT2D eigenvalue weighted by Crippen LogP contribution is -2.41. The predicted molar refractivity (Wildman–Crippen MR) is 113 cm³/mol. The van der Waals surface area contributed by atoms with Gasteiger partial charge in [-0.15, -0.1) is 0 Å². The zero-order chi connectivity index (χ0) is 19.4. The van der Waals surface area contributed by atoms with E-state index in [1.54, 1.807) is 0 Å². The summed E-state index contributed by atoms with van der Waals surface area (Å²) in [5.41, 5.74) is 4.78. The van der Waals surface area contributed by atoms with Crippen molar-refractivity contribution in [2.75, 3.05) is 11.4 Å². The molecule has 0 unspecified atom stereocenters. The second-order valence-electron chi connectivity index (χ2n) is 9.59. The minimum absolute atomic E-state index is 0.194. The Morgan fingerprint density at radius 2 is 1.44 bits per heavy atom. The lowest BCUT2D eigenvalue weighted by Gasteiger charge is -2.32. The Kier molecular flexibility index (Phi) is 4.21. The van der Waals surface area contributed by atoms with Gasteiger partial charge in [-0.2, -0.15) is 0 Å². The van der Waals surface area contributed by atoms with Gasteiger partial charge in [0.05, 0.1) is 11.2 Å².